The van der Waals surface area contributed by atoms with Crippen LogP contribution in [-0.2, 0) is 6.54 Å². The fraction of sp³-hybridized carbons (Fsp3) is 0.278. The van der Waals surface area contributed by atoms with Crippen molar-refractivity contribution in [3.05, 3.63) is 69.5 Å². The first-order valence-corrected chi connectivity index (χ1v) is 8.50. The number of likely N-dealkylation sites (tertiary alicyclic amines) is 1. The van der Waals surface area contributed by atoms with Crippen LogP contribution in [0.1, 0.15) is 22.3 Å². The molecule has 2 aromatic rings. The van der Waals surface area contributed by atoms with E-state index in [-0.39, 0.29) is 27.6 Å². The number of hydrogen-bond acceptors (Lipinski definition) is 2. The van der Waals surface area contributed by atoms with Gasteiger partial charge in [-0.15, -0.1) is 0 Å². The highest BCUT2D eigenvalue weighted by atomic mass is 35.5. The third-order valence-corrected chi connectivity index (χ3v) is 4.71. The predicted molar refractivity (Wildman–Crippen MR) is 94.0 cm³/mol. The molecule has 1 N–H and O–H groups in total. The maximum absolute atomic E-state index is 13.6. The van der Waals surface area contributed by atoms with Gasteiger partial charge in [0.15, 0.2) is 0 Å². The molecule has 126 valence electrons. The molecule has 1 aliphatic rings. The SMILES string of the molecule is O=C(N[C@H]1CCN(Cc2ccccc2)C1)c1cc(F)c(Cl)cc1Cl. The molecule has 1 fully saturated rings. The van der Waals surface area contributed by atoms with E-state index in [1.54, 1.807) is 0 Å². The second-order valence-electron chi connectivity index (χ2n) is 5.93. The average Bonchev–Trinajstić information content (AvgIpc) is 2.98. The highest BCUT2D eigenvalue weighted by Crippen LogP contribution is 2.24. The molecule has 0 aromatic heterocycles. The van der Waals surface area contributed by atoms with Crippen LogP contribution in [0.25, 0.3) is 0 Å². The molecule has 1 amide bonds. The molecule has 1 heterocycles. The fourth-order valence-electron chi connectivity index (χ4n) is 2.90. The molecule has 0 radical (unpaired) electrons. The summed E-state index contributed by atoms with van der Waals surface area (Å²) in [5.74, 6) is -1.02. The van der Waals surface area contributed by atoms with Gasteiger partial charge >= 0.3 is 0 Å². The van der Waals surface area contributed by atoms with Crippen molar-refractivity contribution in [3.8, 4) is 0 Å². The molecule has 2 aromatic carbocycles. The minimum Gasteiger partial charge on any atom is -0.348 e. The molecule has 1 atom stereocenters. The van der Waals surface area contributed by atoms with E-state index < -0.39 is 5.82 Å². The summed E-state index contributed by atoms with van der Waals surface area (Å²) in [6, 6.07) is 12.6. The Hall–Kier alpha value is -1.62. The van der Waals surface area contributed by atoms with Gasteiger partial charge in [-0.25, -0.2) is 4.39 Å². The summed E-state index contributed by atoms with van der Waals surface area (Å²) in [6.45, 7) is 2.51. The molecule has 6 heteroatoms. The van der Waals surface area contributed by atoms with Crippen molar-refractivity contribution < 1.29 is 9.18 Å². The van der Waals surface area contributed by atoms with E-state index >= 15 is 0 Å². The minimum absolute atomic E-state index is 0.0241. The van der Waals surface area contributed by atoms with Crippen molar-refractivity contribution in [2.45, 2.75) is 19.0 Å². The van der Waals surface area contributed by atoms with Crippen LogP contribution < -0.4 is 5.32 Å². The molecule has 3 nitrogen and oxygen atoms in total. The summed E-state index contributed by atoms with van der Waals surface area (Å²) in [6.07, 6.45) is 0.853. The number of benzene rings is 2. The molecular weight excluding hydrogens is 350 g/mol. The molecule has 3 rings (SSSR count). The monoisotopic (exact) mass is 366 g/mol. The zero-order chi connectivity index (χ0) is 17.1. The fourth-order valence-corrected chi connectivity index (χ4v) is 3.36. The minimum atomic E-state index is -0.650. The van der Waals surface area contributed by atoms with Crippen molar-refractivity contribution in [2.75, 3.05) is 13.1 Å². The first kappa shape index (κ1) is 17.2. The summed E-state index contributed by atoms with van der Waals surface area (Å²) in [4.78, 5) is 14.6. The van der Waals surface area contributed by atoms with E-state index in [1.807, 2.05) is 18.2 Å². The average molecular weight is 367 g/mol. The molecular formula is C18H17Cl2FN2O. The van der Waals surface area contributed by atoms with Crippen LogP contribution in [-0.4, -0.2) is 29.9 Å². The standard InChI is InChI=1S/C18H17Cl2FN2O/c19-15-9-16(20)17(21)8-14(15)18(24)22-13-6-7-23(11-13)10-12-4-2-1-3-5-12/h1-5,8-9,13H,6-7,10-11H2,(H,22,24)/t13-/m0/s1. The smallest absolute Gasteiger partial charge is 0.253 e. The summed E-state index contributed by atoms with van der Waals surface area (Å²) in [7, 11) is 0. The zero-order valence-electron chi connectivity index (χ0n) is 12.9. The van der Waals surface area contributed by atoms with Crippen LogP contribution in [0.5, 0.6) is 0 Å². The van der Waals surface area contributed by atoms with Crippen molar-refractivity contribution in [2.24, 2.45) is 0 Å². The zero-order valence-corrected chi connectivity index (χ0v) is 14.4. The van der Waals surface area contributed by atoms with Crippen LogP contribution >= 0.6 is 23.2 Å². The Morgan fingerprint density at radius 3 is 2.71 bits per heavy atom. The molecule has 0 aliphatic carbocycles. The van der Waals surface area contributed by atoms with Gasteiger partial charge in [-0.3, -0.25) is 9.69 Å². The summed E-state index contributed by atoms with van der Waals surface area (Å²) >= 11 is 11.7. The Labute approximate surface area is 150 Å². The van der Waals surface area contributed by atoms with E-state index in [1.165, 1.54) is 11.6 Å². The Morgan fingerprint density at radius 2 is 1.96 bits per heavy atom. The second-order valence-corrected chi connectivity index (χ2v) is 6.74. The van der Waals surface area contributed by atoms with Crippen LogP contribution in [0.2, 0.25) is 10.0 Å². The Kier molecular flexibility index (Phi) is 5.39. The molecule has 0 bridgehead atoms. The topological polar surface area (TPSA) is 32.3 Å². The lowest BCUT2D eigenvalue weighted by atomic mass is 10.1. The molecule has 0 spiro atoms. The normalized spacial score (nSPS) is 17.9. The number of hydrogen-bond donors (Lipinski definition) is 1. The van der Waals surface area contributed by atoms with E-state index in [0.717, 1.165) is 32.1 Å². The quantitative estimate of drug-likeness (QED) is 0.824. The Balaban J connectivity index is 1.59. The van der Waals surface area contributed by atoms with E-state index in [4.69, 9.17) is 23.2 Å². The van der Waals surface area contributed by atoms with Gasteiger partial charge in [-0.1, -0.05) is 53.5 Å². The predicted octanol–water partition coefficient (Wildman–Crippen LogP) is 4.14. The third-order valence-electron chi connectivity index (χ3n) is 4.11. The first-order valence-electron chi connectivity index (χ1n) is 7.74. The van der Waals surface area contributed by atoms with E-state index in [9.17, 15) is 9.18 Å². The van der Waals surface area contributed by atoms with Crippen molar-refractivity contribution >= 4 is 29.1 Å². The lowest BCUT2D eigenvalue weighted by Gasteiger charge is -2.17. The first-order chi connectivity index (χ1) is 11.5. The van der Waals surface area contributed by atoms with E-state index in [0.29, 0.717) is 0 Å². The van der Waals surface area contributed by atoms with Crippen molar-refractivity contribution in [1.82, 2.24) is 10.2 Å². The Bertz CT molecular complexity index is 739. The number of nitrogens with zero attached hydrogens (tertiary/aromatic N) is 1. The van der Waals surface area contributed by atoms with Gasteiger partial charge in [-0.2, -0.15) is 0 Å². The molecule has 1 aliphatic heterocycles. The molecule has 0 saturated carbocycles. The van der Waals surface area contributed by atoms with E-state index in [2.05, 4.69) is 22.3 Å². The molecule has 0 unspecified atom stereocenters. The second kappa shape index (κ2) is 7.51. The molecule has 24 heavy (non-hydrogen) atoms. The summed E-state index contributed by atoms with van der Waals surface area (Å²) in [5, 5.41) is 2.98. The van der Waals surface area contributed by atoms with Gasteiger partial charge < -0.3 is 5.32 Å². The summed E-state index contributed by atoms with van der Waals surface area (Å²) < 4.78 is 13.6. The van der Waals surface area contributed by atoms with Gasteiger partial charge in [0.05, 0.1) is 15.6 Å². The number of nitrogens with one attached hydrogen (secondary N) is 1. The van der Waals surface area contributed by atoms with Crippen molar-refractivity contribution in [1.29, 1.82) is 0 Å². The van der Waals surface area contributed by atoms with Crippen molar-refractivity contribution in [3.63, 3.8) is 0 Å². The third kappa shape index (κ3) is 4.07. The maximum atomic E-state index is 13.6. The molecule has 1 saturated heterocycles. The highest BCUT2D eigenvalue weighted by molar-refractivity contribution is 6.36. The maximum Gasteiger partial charge on any atom is 0.253 e. The van der Waals surface area contributed by atoms with Gasteiger partial charge in [0.1, 0.15) is 5.82 Å². The number of rotatable bonds is 4. The lowest BCUT2D eigenvalue weighted by Crippen LogP contribution is -2.37. The summed E-state index contributed by atoms with van der Waals surface area (Å²) in [5.41, 5.74) is 1.35. The number of carbonyl (C=O) groups excluding carboxylic acids is 1. The van der Waals surface area contributed by atoms with Crippen LogP contribution in [0.4, 0.5) is 4.39 Å². The van der Waals surface area contributed by atoms with Gasteiger partial charge in [0.25, 0.3) is 5.91 Å². The Morgan fingerprint density at radius 1 is 1.21 bits per heavy atom. The van der Waals surface area contributed by atoms with Crippen LogP contribution in [0.15, 0.2) is 42.5 Å². The van der Waals surface area contributed by atoms with Crippen LogP contribution in [0.3, 0.4) is 0 Å². The van der Waals surface area contributed by atoms with Gasteiger partial charge in [0, 0.05) is 25.7 Å². The van der Waals surface area contributed by atoms with Gasteiger partial charge in [-0.05, 0) is 24.1 Å². The highest BCUT2D eigenvalue weighted by Gasteiger charge is 2.25. The number of halogens is 3. The number of carbonyl (C=O) groups is 1. The lowest BCUT2D eigenvalue weighted by molar-refractivity contribution is 0.0937. The number of amides is 1. The largest absolute Gasteiger partial charge is 0.348 e. The van der Waals surface area contributed by atoms with Crippen LogP contribution in [0, 0.1) is 5.82 Å². The van der Waals surface area contributed by atoms with Gasteiger partial charge in [0.2, 0.25) is 0 Å².